The van der Waals surface area contributed by atoms with Crippen molar-refractivity contribution in [3.8, 4) is 5.75 Å². The summed E-state index contributed by atoms with van der Waals surface area (Å²) < 4.78 is 10.3. The lowest BCUT2D eigenvalue weighted by atomic mass is 10.1. The molecule has 2 aromatic rings. The normalized spacial score (nSPS) is 10.1. The number of benzene rings is 2. The molecule has 0 aliphatic heterocycles. The highest BCUT2D eigenvalue weighted by Crippen LogP contribution is 2.16. The molecule has 2 aromatic carbocycles. The van der Waals surface area contributed by atoms with Crippen LogP contribution < -0.4 is 9.64 Å². The van der Waals surface area contributed by atoms with Crippen molar-refractivity contribution in [3.05, 3.63) is 59.7 Å². The Morgan fingerprint density at radius 1 is 1.05 bits per heavy atom. The first-order chi connectivity index (χ1) is 10.5. The predicted molar refractivity (Wildman–Crippen MR) is 87.6 cm³/mol. The summed E-state index contributed by atoms with van der Waals surface area (Å²) in [4.78, 5) is 13.7. The molecule has 0 aliphatic rings. The third-order valence-corrected chi connectivity index (χ3v) is 3.24. The number of para-hydroxylation sites is 1. The molecule has 0 spiro atoms. The quantitative estimate of drug-likeness (QED) is 0.619. The van der Waals surface area contributed by atoms with E-state index in [-0.39, 0.29) is 6.61 Å². The Balaban J connectivity index is 1.78. The zero-order chi connectivity index (χ0) is 15.9. The lowest BCUT2D eigenvalue weighted by Gasteiger charge is -2.18. The first-order valence-electron chi connectivity index (χ1n) is 7.23. The number of nitrogens with zero attached hydrogens (tertiary/aromatic N) is 1. The molecule has 0 saturated carbocycles. The molecular weight excluding hydrogens is 278 g/mol. The van der Waals surface area contributed by atoms with Gasteiger partial charge in [-0.1, -0.05) is 24.3 Å². The number of hydrogen-bond acceptors (Lipinski definition) is 4. The highest BCUT2D eigenvalue weighted by molar-refractivity contribution is 5.64. The van der Waals surface area contributed by atoms with Crippen LogP contribution in [0, 0.1) is 13.8 Å². The van der Waals surface area contributed by atoms with Crippen molar-refractivity contribution in [1.82, 2.24) is 0 Å². The Morgan fingerprint density at radius 3 is 2.32 bits per heavy atom. The Hall–Kier alpha value is -2.49. The van der Waals surface area contributed by atoms with Crippen LogP contribution >= 0.6 is 0 Å². The highest BCUT2D eigenvalue weighted by Gasteiger charge is 2.08. The zero-order valence-electron chi connectivity index (χ0n) is 13.2. The molecule has 4 heteroatoms. The molecule has 0 bridgehead atoms. The number of aryl methyl sites for hydroxylation is 2. The second-order valence-corrected chi connectivity index (χ2v) is 5.28. The van der Waals surface area contributed by atoms with E-state index < -0.39 is 6.16 Å². The standard InChI is InChI=1S/C18H21NO3/c1-14-11-15(2)13-17(12-14)22-18(20)21-10-9-19(3)16-7-5-4-6-8-16/h4-8,11-13H,9-10H2,1-3H3. The zero-order valence-corrected chi connectivity index (χ0v) is 13.2. The van der Waals surface area contributed by atoms with Crippen molar-refractivity contribution in [1.29, 1.82) is 0 Å². The number of hydrogen-bond donors (Lipinski definition) is 0. The van der Waals surface area contributed by atoms with Crippen LogP contribution in [0.5, 0.6) is 5.75 Å². The van der Waals surface area contributed by atoms with Gasteiger partial charge in [-0.25, -0.2) is 4.79 Å². The number of carbonyl (C=O) groups excluding carboxylic acids is 1. The van der Waals surface area contributed by atoms with Crippen LogP contribution in [-0.4, -0.2) is 26.4 Å². The minimum Gasteiger partial charge on any atom is -0.432 e. The van der Waals surface area contributed by atoms with Gasteiger partial charge in [0.15, 0.2) is 0 Å². The van der Waals surface area contributed by atoms with Crippen LogP contribution in [0.15, 0.2) is 48.5 Å². The molecule has 0 heterocycles. The second-order valence-electron chi connectivity index (χ2n) is 5.28. The van der Waals surface area contributed by atoms with Gasteiger partial charge in [0, 0.05) is 12.7 Å². The van der Waals surface area contributed by atoms with Gasteiger partial charge in [0.05, 0.1) is 6.54 Å². The first kappa shape index (κ1) is 15.9. The van der Waals surface area contributed by atoms with Crippen molar-refractivity contribution in [2.45, 2.75) is 13.8 Å². The average molecular weight is 299 g/mol. The van der Waals surface area contributed by atoms with E-state index in [0.717, 1.165) is 16.8 Å². The van der Waals surface area contributed by atoms with Gasteiger partial charge in [-0.3, -0.25) is 0 Å². The monoisotopic (exact) mass is 299 g/mol. The number of likely N-dealkylation sites (N-methyl/N-ethyl adjacent to an activating group) is 1. The minimum absolute atomic E-state index is 0.273. The van der Waals surface area contributed by atoms with E-state index in [2.05, 4.69) is 0 Å². The Kier molecular flexibility index (Phi) is 5.42. The SMILES string of the molecule is Cc1cc(C)cc(OC(=O)OCCN(C)c2ccccc2)c1. The second kappa shape index (κ2) is 7.50. The molecule has 0 N–H and O–H groups in total. The van der Waals surface area contributed by atoms with Crippen LogP contribution in [0.3, 0.4) is 0 Å². The number of anilines is 1. The van der Waals surface area contributed by atoms with Crippen LogP contribution in [0.4, 0.5) is 10.5 Å². The van der Waals surface area contributed by atoms with Crippen molar-refractivity contribution in [2.75, 3.05) is 25.1 Å². The van der Waals surface area contributed by atoms with Gasteiger partial charge in [-0.05, 0) is 49.2 Å². The van der Waals surface area contributed by atoms with E-state index in [9.17, 15) is 4.79 Å². The predicted octanol–water partition coefficient (Wildman–Crippen LogP) is 3.96. The van der Waals surface area contributed by atoms with Crippen LogP contribution in [0.2, 0.25) is 0 Å². The first-order valence-corrected chi connectivity index (χ1v) is 7.23. The Bertz CT molecular complexity index is 605. The molecule has 0 saturated heterocycles. The molecule has 22 heavy (non-hydrogen) atoms. The lowest BCUT2D eigenvalue weighted by molar-refractivity contribution is 0.102. The largest absolute Gasteiger partial charge is 0.513 e. The topological polar surface area (TPSA) is 38.8 Å². The molecule has 2 rings (SSSR count). The van der Waals surface area contributed by atoms with Gasteiger partial charge in [0.1, 0.15) is 12.4 Å². The lowest BCUT2D eigenvalue weighted by Crippen LogP contribution is -2.24. The van der Waals surface area contributed by atoms with Crippen molar-refractivity contribution < 1.29 is 14.3 Å². The maximum atomic E-state index is 11.7. The fourth-order valence-electron chi connectivity index (χ4n) is 2.19. The fourth-order valence-corrected chi connectivity index (χ4v) is 2.19. The number of rotatable bonds is 5. The Labute approximate surface area is 131 Å². The summed E-state index contributed by atoms with van der Waals surface area (Å²) in [5.41, 5.74) is 3.17. The van der Waals surface area contributed by atoms with Gasteiger partial charge in [-0.2, -0.15) is 0 Å². The molecule has 4 nitrogen and oxygen atoms in total. The average Bonchev–Trinajstić information content (AvgIpc) is 2.47. The highest BCUT2D eigenvalue weighted by atomic mass is 16.7. The molecule has 0 amide bonds. The van der Waals surface area contributed by atoms with Crippen LogP contribution in [-0.2, 0) is 4.74 Å². The van der Waals surface area contributed by atoms with Gasteiger partial charge in [0.25, 0.3) is 0 Å². The third kappa shape index (κ3) is 4.81. The maximum absolute atomic E-state index is 11.7. The van der Waals surface area contributed by atoms with E-state index in [1.165, 1.54) is 0 Å². The molecule has 116 valence electrons. The van der Waals surface area contributed by atoms with Gasteiger partial charge in [0.2, 0.25) is 0 Å². The number of carbonyl (C=O) groups is 1. The molecule has 0 aliphatic carbocycles. The summed E-state index contributed by atoms with van der Waals surface area (Å²) in [5.74, 6) is 0.513. The van der Waals surface area contributed by atoms with E-state index in [1.807, 2.05) is 74.3 Å². The summed E-state index contributed by atoms with van der Waals surface area (Å²) in [7, 11) is 1.95. The number of ether oxygens (including phenoxy) is 2. The maximum Gasteiger partial charge on any atom is 0.513 e. The van der Waals surface area contributed by atoms with Gasteiger partial charge >= 0.3 is 6.16 Å². The van der Waals surface area contributed by atoms with Crippen LogP contribution in [0.25, 0.3) is 0 Å². The van der Waals surface area contributed by atoms with E-state index in [1.54, 1.807) is 0 Å². The molecule has 0 unspecified atom stereocenters. The fraction of sp³-hybridized carbons (Fsp3) is 0.278. The summed E-state index contributed by atoms with van der Waals surface area (Å²) >= 11 is 0. The van der Waals surface area contributed by atoms with Gasteiger partial charge < -0.3 is 14.4 Å². The van der Waals surface area contributed by atoms with Crippen molar-refractivity contribution in [2.24, 2.45) is 0 Å². The van der Waals surface area contributed by atoms with Crippen molar-refractivity contribution in [3.63, 3.8) is 0 Å². The summed E-state index contributed by atoms with van der Waals surface area (Å²) in [6.45, 7) is 4.79. The van der Waals surface area contributed by atoms with E-state index in [4.69, 9.17) is 9.47 Å². The van der Waals surface area contributed by atoms with Crippen molar-refractivity contribution >= 4 is 11.8 Å². The van der Waals surface area contributed by atoms with Crippen LogP contribution in [0.1, 0.15) is 11.1 Å². The van der Waals surface area contributed by atoms with Gasteiger partial charge in [-0.15, -0.1) is 0 Å². The molecular formula is C18H21NO3. The summed E-state index contributed by atoms with van der Waals surface area (Å²) in [6, 6.07) is 15.6. The van der Waals surface area contributed by atoms with E-state index >= 15 is 0 Å². The minimum atomic E-state index is -0.675. The molecule has 0 fully saturated rings. The summed E-state index contributed by atoms with van der Waals surface area (Å²) in [5, 5.41) is 0. The molecule has 0 radical (unpaired) electrons. The Morgan fingerprint density at radius 2 is 1.68 bits per heavy atom. The van der Waals surface area contributed by atoms with E-state index in [0.29, 0.717) is 12.3 Å². The smallest absolute Gasteiger partial charge is 0.432 e. The summed E-state index contributed by atoms with van der Waals surface area (Å²) in [6.07, 6.45) is -0.675. The third-order valence-electron chi connectivity index (χ3n) is 3.24. The molecule has 0 aromatic heterocycles. The molecule has 0 atom stereocenters.